The van der Waals surface area contributed by atoms with E-state index in [9.17, 15) is 14.4 Å². The first kappa shape index (κ1) is 21.1. The van der Waals surface area contributed by atoms with Gasteiger partial charge in [0.1, 0.15) is 24.0 Å². The molecule has 1 aliphatic carbocycles. The number of carbonyl (C=O) groups is 1. The molecule has 0 aromatic heterocycles. The zero-order valence-electron chi connectivity index (χ0n) is 17.0. The SMILES string of the molecule is CN1C(N)=C(C#N)[C@@H](c2cc(Br)ccc2OCc2cccc(F)c2)C2=C1CCCC2=O. The lowest BCUT2D eigenvalue weighted by molar-refractivity contribution is -0.116. The van der Waals surface area contributed by atoms with Crippen molar-refractivity contribution in [3.8, 4) is 11.8 Å². The number of nitrogens with zero attached hydrogens (tertiary/aromatic N) is 2. The first-order valence-corrected chi connectivity index (χ1v) is 10.8. The minimum absolute atomic E-state index is 0.0226. The predicted molar refractivity (Wildman–Crippen MR) is 118 cm³/mol. The zero-order valence-corrected chi connectivity index (χ0v) is 18.6. The molecule has 1 heterocycles. The van der Waals surface area contributed by atoms with Gasteiger partial charge in [-0.3, -0.25) is 4.79 Å². The average molecular weight is 482 g/mol. The van der Waals surface area contributed by atoms with E-state index in [-0.39, 0.29) is 18.2 Å². The van der Waals surface area contributed by atoms with Gasteiger partial charge in [-0.25, -0.2) is 4.39 Å². The first-order chi connectivity index (χ1) is 14.9. The lowest BCUT2D eigenvalue weighted by Crippen LogP contribution is -2.36. The van der Waals surface area contributed by atoms with E-state index < -0.39 is 5.92 Å². The molecule has 4 rings (SSSR count). The van der Waals surface area contributed by atoms with Crippen molar-refractivity contribution in [2.75, 3.05) is 7.05 Å². The van der Waals surface area contributed by atoms with Crippen LogP contribution in [0.5, 0.6) is 5.75 Å². The van der Waals surface area contributed by atoms with E-state index in [4.69, 9.17) is 10.5 Å². The van der Waals surface area contributed by atoms with Crippen molar-refractivity contribution in [3.63, 3.8) is 0 Å². The number of ether oxygens (including phenoxy) is 1. The lowest BCUT2D eigenvalue weighted by atomic mass is 9.75. The molecule has 5 nitrogen and oxygen atoms in total. The van der Waals surface area contributed by atoms with Crippen LogP contribution < -0.4 is 10.5 Å². The van der Waals surface area contributed by atoms with E-state index in [1.807, 2.05) is 12.1 Å². The molecule has 0 saturated carbocycles. The van der Waals surface area contributed by atoms with Crippen molar-refractivity contribution in [1.29, 1.82) is 5.26 Å². The highest BCUT2D eigenvalue weighted by molar-refractivity contribution is 9.10. The maximum absolute atomic E-state index is 13.6. The van der Waals surface area contributed by atoms with E-state index in [1.54, 1.807) is 30.1 Å². The van der Waals surface area contributed by atoms with E-state index in [1.165, 1.54) is 12.1 Å². The molecule has 1 atom stereocenters. The summed E-state index contributed by atoms with van der Waals surface area (Å²) in [5, 5.41) is 9.94. The Morgan fingerprint density at radius 2 is 2.10 bits per heavy atom. The van der Waals surface area contributed by atoms with E-state index in [0.29, 0.717) is 40.3 Å². The summed E-state index contributed by atoms with van der Waals surface area (Å²) >= 11 is 3.49. The Bertz CT molecular complexity index is 1170. The van der Waals surface area contributed by atoms with Gasteiger partial charge in [0.05, 0.1) is 17.6 Å². The van der Waals surface area contributed by atoms with Crippen molar-refractivity contribution in [2.24, 2.45) is 5.73 Å². The smallest absolute Gasteiger partial charge is 0.161 e. The Hall–Kier alpha value is -3.11. The zero-order chi connectivity index (χ0) is 22.1. The number of nitrogens with two attached hydrogens (primary N) is 1. The summed E-state index contributed by atoms with van der Waals surface area (Å²) in [4.78, 5) is 14.7. The molecule has 0 unspecified atom stereocenters. The predicted octanol–water partition coefficient (Wildman–Crippen LogP) is 4.90. The van der Waals surface area contributed by atoms with Crippen LogP contribution in [0.15, 0.2) is 69.6 Å². The maximum atomic E-state index is 13.6. The van der Waals surface area contributed by atoms with Gasteiger partial charge in [-0.15, -0.1) is 0 Å². The number of nitriles is 1. The van der Waals surface area contributed by atoms with Crippen LogP contribution in [0.25, 0.3) is 0 Å². The van der Waals surface area contributed by atoms with Crippen LogP contribution in [0.3, 0.4) is 0 Å². The number of benzene rings is 2. The second kappa shape index (κ2) is 8.56. The van der Waals surface area contributed by atoms with E-state index in [0.717, 1.165) is 23.0 Å². The van der Waals surface area contributed by atoms with E-state index in [2.05, 4.69) is 22.0 Å². The standard InChI is InChI=1S/C24H21BrFN3O2/c1-29-19-6-3-7-20(30)23(19)22(18(12-27)24(29)28)17-11-15(25)8-9-21(17)31-13-14-4-2-5-16(26)10-14/h2,4-5,8-11,22H,3,6-7,13,28H2,1H3/t22-/m1/s1. The van der Waals surface area contributed by atoms with Gasteiger partial charge in [0.2, 0.25) is 0 Å². The monoisotopic (exact) mass is 481 g/mol. The average Bonchev–Trinajstić information content (AvgIpc) is 2.75. The normalized spacial score (nSPS) is 18.7. The molecular formula is C24H21BrFN3O2. The summed E-state index contributed by atoms with van der Waals surface area (Å²) in [7, 11) is 1.79. The minimum Gasteiger partial charge on any atom is -0.489 e. The maximum Gasteiger partial charge on any atom is 0.161 e. The molecule has 0 saturated heterocycles. The molecule has 0 spiro atoms. The summed E-state index contributed by atoms with van der Waals surface area (Å²) in [5.41, 5.74) is 9.47. The van der Waals surface area contributed by atoms with Gasteiger partial charge >= 0.3 is 0 Å². The molecule has 0 radical (unpaired) electrons. The molecule has 2 aromatic carbocycles. The molecule has 31 heavy (non-hydrogen) atoms. The fraction of sp³-hybridized carbons (Fsp3) is 0.250. The van der Waals surface area contributed by atoms with Gasteiger partial charge in [0.25, 0.3) is 0 Å². The number of hydrogen-bond donors (Lipinski definition) is 1. The molecular weight excluding hydrogens is 461 g/mol. The molecule has 2 aromatic rings. The number of hydrogen-bond acceptors (Lipinski definition) is 5. The Kier molecular flexibility index (Phi) is 5.84. The van der Waals surface area contributed by atoms with Gasteiger partial charge in [-0.05, 0) is 48.7 Å². The third-order valence-corrected chi connectivity index (χ3v) is 6.23. The second-order valence-corrected chi connectivity index (χ2v) is 8.56. The number of allylic oxidation sites excluding steroid dienone is 3. The molecule has 0 bridgehead atoms. The summed E-state index contributed by atoms with van der Waals surface area (Å²) in [5.74, 6) is -0.0549. The van der Waals surface area contributed by atoms with Crippen molar-refractivity contribution >= 4 is 21.7 Å². The quantitative estimate of drug-likeness (QED) is 0.671. The van der Waals surface area contributed by atoms with Gasteiger partial charge in [0.15, 0.2) is 5.78 Å². The highest BCUT2D eigenvalue weighted by Gasteiger charge is 2.39. The van der Waals surface area contributed by atoms with E-state index >= 15 is 0 Å². The fourth-order valence-electron chi connectivity index (χ4n) is 4.24. The summed E-state index contributed by atoms with van der Waals surface area (Å²) in [6, 6.07) is 13.9. The third kappa shape index (κ3) is 3.96. The Labute approximate surface area is 188 Å². The summed E-state index contributed by atoms with van der Waals surface area (Å²) < 4.78 is 20.4. The Morgan fingerprint density at radius 3 is 2.84 bits per heavy atom. The number of carbonyl (C=O) groups excluding carboxylic acids is 1. The molecule has 1 aliphatic heterocycles. The number of ketones is 1. The highest BCUT2D eigenvalue weighted by Crippen LogP contribution is 2.47. The Balaban J connectivity index is 1.81. The molecule has 2 N–H and O–H groups in total. The molecule has 158 valence electrons. The second-order valence-electron chi connectivity index (χ2n) is 7.64. The fourth-order valence-corrected chi connectivity index (χ4v) is 4.62. The van der Waals surface area contributed by atoms with Crippen LogP contribution in [0.2, 0.25) is 0 Å². The molecule has 0 amide bonds. The number of halogens is 2. The van der Waals surface area contributed by atoms with Crippen LogP contribution in [0, 0.1) is 17.1 Å². The van der Waals surface area contributed by atoms with Crippen LogP contribution in [0.4, 0.5) is 4.39 Å². The minimum atomic E-state index is -0.607. The van der Waals surface area contributed by atoms with Crippen LogP contribution in [0.1, 0.15) is 36.3 Å². The van der Waals surface area contributed by atoms with Gasteiger partial charge in [0, 0.05) is 34.8 Å². The van der Waals surface area contributed by atoms with Crippen molar-refractivity contribution in [2.45, 2.75) is 31.8 Å². The molecule has 0 fully saturated rings. The molecule has 7 heteroatoms. The van der Waals surface area contributed by atoms with Crippen LogP contribution in [-0.2, 0) is 11.4 Å². The van der Waals surface area contributed by atoms with Crippen LogP contribution in [-0.4, -0.2) is 17.7 Å². The van der Waals surface area contributed by atoms with Crippen molar-refractivity contribution < 1.29 is 13.9 Å². The number of Topliss-reactive ketones (excluding diaryl/α,β-unsaturated/α-hetero) is 1. The largest absolute Gasteiger partial charge is 0.489 e. The first-order valence-electron chi connectivity index (χ1n) is 9.97. The van der Waals surface area contributed by atoms with Gasteiger partial charge in [-0.1, -0.05) is 28.1 Å². The van der Waals surface area contributed by atoms with Gasteiger partial charge in [-0.2, -0.15) is 5.26 Å². The lowest BCUT2D eigenvalue weighted by Gasteiger charge is -2.38. The highest BCUT2D eigenvalue weighted by atomic mass is 79.9. The Morgan fingerprint density at radius 1 is 1.29 bits per heavy atom. The van der Waals surface area contributed by atoms with Gasteiger partial charge < -0.3 is 15.4 Å². The van der Waals surface area contributed by atoms with Crippen LogP contribution >= 0.6 is 15.9 Å². The van der Waals surface area contributed by atoms with Crippen molar-refractivity contribution in [1.82, 2.24) is 4.90 Å². The molecule has 2 aliphatic rings. The summed E-state index contributed by atoms with van der Waals surface area (Å²) in [6.45, 7) is 0.153. The topological polar surface area (TPSA) is 79.3 Å². The summed E-state index contributed by atoms with van der Waals surface area (Å²) in [6.07, 6.45) is 1.92. The number of rotatable bonds is 4. The van der Waals surface area contributed by atoms with Crippen molar-refractivity contribution in [3.05, 3.63) is 86.5 Å². The third-order valence-electron chi connectivity index (χ3n) is 5.73.